The first-order chi connectivity index (χ1) is 14.1. The number of alkyl halides is 3. The molecule has 3 rings (SSSR count). The van der Waals surface area contributed by atoms with E-state index in [1.807, 2.05) is 19.9 Å². The van der Waals surface area contributed by atoms with Crippen molar-refractivity contribution in [3.63, 3.8) is 0 Å². The molecule has 0 nitrogen and oxygen atoms in total. The van der Waals surface area contributed by atoms with Gasteiger partial charge in [-0.3, -0.25) is 0 Å². The van der Waals surface area contributed by atoms with E-state index < -0.39 is 11.7 Å². The molecule has 0 bridgehead atoms. The van der Waals surface area contributed by atoms with Gasteiger partial charge in [0.05, 0.1) is 5.56 Å². The van der Waals surface area contributed by atoms with E-state index >= 15 is 0 Å². The second-order valence-electron chi connectivity index (χ2n) is 8.62. The standard InChI is InChI=1S/C27H29F3/c1-18(2)14-24(22-8-6-5-7-9-22)17-21-15-19(3)26(20(4)16-21)23-10-12-25(13-11-23)27(28,29)30/h5-13,15-16,18,24H,14,17H2,1-4H3. The number of aryl methyl sites for hydroxylation is 2. The maximum absolute atomic E-state index is 12.9. The smallest absolute Gasteiger partial charge is 0.166 e. The minimum Gasteiger partial charge on any atom is -0.166 e. The van der Waals surface area contributed by atoms with Crippen LogP contribution in [0.1, 0.15) is 54.0 Å². The molecule has 0 fully saturated rings. The first-order valence-corrected chi connectivity index (χ1v) is 10.5. The Morgan fingerprint density at radius 2 is 1.37 bits per heavy atom. The molecule has 1 atom stereocenters. The average Bonchev–Trinajstić information content (AvgIpc) is 2.67. The number of hydrogen-bond acceptors (Lipinski definition) is 0. The number of hydrogen-bond donors (Lipinski definition) is 0. The van der Waals surface area contributed by atoms with Crippen LogP contribution in [0.2, 0.25) is 0 Å². The second kappa shape index (κ2) is 9.07. The second-order valence-corrected chi connectivity index (χ2v) is 8.62. The SMILES string of the molecule is Cc1cc(CC(CC(C)C)c2ccccc2)cc(C)c1-c1ccc(C(F)(F)F)cc1. The zero-order valence-electron chi connectivity index (χ0n) is 18.1. The van der Waals surface area contributed by atoms with Crippen molar-refractivity contribution in [2.24, 2.45) is 5.92 Å². The van der Waals surface area contributed by atoms with Crippen LogP contribution in [-0.4, -0.2) is 0 Å². The maximum Gasteiger partial charge on any atom is 0.416 e. The van der Waals surface area contributed by atoms with E-state index in [0.717, 1.165) is 47.2 Å². The lowest BCUT2D eigenvalue weighted by molar-refractivity contribution is -0.137. The predicted octanol–water partition coefficient (Wildman–Crippen LogP) is 8.36. The van der Waals surface area contributed by atoms with Crippen LogP contribution < -0.4 is 0 Å². The highest BCUT2D eigenvalue weighted by molar-refractivity contribution is 5.71. The lowest BCUT2D eigenvalue weighted by Crippen LogP contribution is -2.07. The summed E-state index contributed by atoms with van der Waals surface area (Å²) in [5.41, 5.74) is 6.06. The monoisotopic (exact) mass is 410 g/mol. The van der Waals surface area contributed by atoms with E-state index in [1.165, 1.54) is 11.1 Å². The van der Waals surface area contributed by atoms with Gasteiger partial charge in [0.1, 0.15) is 0 Å². The van der Waals surface area contributed by atoms with Crippen LogP contribution >= 0.6 is 0 Å². The minimum absolute atomic E-state index is 0.446. The summed E-state index contributed by atoms with van der Waals surface area (Å²) in [6.45, 7) is 8.59. The summed E-state index contributed by atoms with van der Waals surface area (Å²) in [5.74, 6) is 1.05. The molecule has 158 valence electrons. The summed E-state index contributed by atoms with van der Waals surface area (Å²) < 4.78 is 38.7. The topological polar surface area (TPSA) is 0 Å². The van der Waals surface area contributed by atoms with Crippen LogP contribution in [0.15, 0.2) is 66.7 Å². The molecule has 0 saturated carbocycles. The van der Waals surface area contributed by atoms with Crippen molar-refractivity contribution in [1.82, 2.24) is 0 Å². The minimum atomic E-state index is -4.31. The van der Waals surface area contributed by atoms with Crippen LogP contribution in [-0.2, 0) is 12.6 Å². The van der Waals surface area contributed by atoms with Crippen molar-refractivity contribution < 1.29 is 13.2 Å². The number of benzene rings is 3. The van der Waals surface area contributed by atoms with E-state index in [-0.39, 0.29) is 0 Å². The molecule has 3 aromatic rings. The molecule has 0 N–H and O–H groups in total. The Morgan fingerprint density at radius 1 is 0.800 bits per heavy atom. The van der Waals surface area contributed by atoms with E-state index in [0.29, 0.717) is 11.8 Å². The zero-order valence-corrected chi connectivity index (χ0v) is 18.1. The van der Waals surface area contributed by atoms with Gasteiger partial charge in [-0.05, 0) is 84.0 Å². The summed E-state index contributed by atoms with van der Waals surface area (Å²) in [6, 6.07) is 20.5. The predicted molar refractivity (Wildman–Crippen MR) is 119 cm³/mol. The van der Waals surface area contributed by atoms with Gasteiger partial charge in [-0.1, -0.05) is 68.4 Å². The van der Waals surface area contributed by atoms with Crippen LogP contribution in [0, 0.1) is 19.8 Å². The highest BCUT2D eigenvalue weighted by atomic mass is 19.4. The molecule has 0 radical (unpaired) electrons. The molecule has 0 aliphatic rings. The van der Waals surface area contributed by atoms with E-state index in [1.54, 1.807) is 12.1 Å². The molecule has 3 heteroatoms. The third-order valence-electron chi connectivity index (χ3n) is 5.60. The quantitative estimate of drug-likeness (QED) is 0.383. The van der Waals surface area contributed by atoms with Crippen molar-refractivity contribution in [1.29, 1.82) is 0 Å². The van der Waals surface area contributed by atoms with Crippen LogP contribution in [0.4, 0.5) is 13.2 Å². The van der Waals surface area contributed by atoms with Gasteiger partial charge in [-0.15, -0.1) is 0 Å². The molecule has 1 unspecified atom stereocenters. The molecule has 0 aromatic heterocycles. The first kappa shape index (κ1) is 22.1. The van der Waals surface area contributed by atoms with Gasteiger partial charge in [0.25, 0.3) is 0 Å². The van der Waals surface area contributed by atoms with Gasteiger partial charge in [0.2, 0.25) is 0 Å². The highest BCUT2D eigenvalue weighted by Gasteiger charge is 2.30. The molecule has 0 heterocycles. The fourth-order valence-electron chi connectivity index (χ4n) is 4.37. The molecule has 0 aliphatic heterocycles. The Morgan fingerprint density at radius 3 is 1.87 bits per heavy atom. The lowest BCUT2D eigenvalue weighted by atomic mass is 9.83. The fourth-order valence-corrected chi connectivity index (χ4v) is 4.37. The largest absolute Gasteiger partial charge is 0.416 e. The number of halogens is 3. The highest BCUT2D eigenvalue weighted by Crippen LogP contribution is 2.35. The average molecular weight is 411 g/mol. The lowest BCUT2D eigenvalue weighted by Gasteiger charge is -2.21. The Kier molecular flexibility index (Phi) is 6.70. The Hall–Kier alpha value is -2.55. The molecule has 0 saturated heterocycles. The van der Waals surface area contributed by atoms with Crippen LogP contribution in [0.25, 0.3) is 11.1 Å². The Bertz CT molecular complexity index is 944. The summed E-state index contributed by atoms with van der Waals surface area (Å²) in [6.07, 6.45) is -2.24. The van der Waals surface area contributed by atoms with E-state index in [2.05, 4.69) is 50.2 Å². The van der Waals surface area contributed by atoms with Gasteiger partial charge in [0, 0.05) is 0 Å². The van der Waals surface area contributed by atoms with Crippen LogP contribution in [0.3, 0.4) is 0 Å². The molecular weight excluding hydrogens is 381 g/mol. The van der Waals surface area contributed by atoms with Crippen molar-refractivity contribution in [3.8, 4) is 11.1 Å². The van der Waals surface area contributed by atoms with E-state index in [9.17, 15) is 13.2 Å². The van der Waals surface area contributed by atoms with Crippen molar-refractivity contribution >= 4 is 0 Å². The third kappa shape index (κ3) is 5.33. The van der Waals surface area contributed by atoms with Crippen molar-refractivity contribution in [3.05, 3.63) is 94.5 Å². The van der Waals surface area contributed by atoms with Gasteiger partial charge < -0.3 is 0 Å². The van der Waals surface area contributed by atoms with Gasteiger partial charge >= 0.3 is 6.18 Å². The molecule has 0 amide bonds. The normalized spacial score (nSPS) is 12.9. The zero-order chi connectivity index (χ0) is 21.9. The maximum atomic E-state index is 12.9. The van der Waals surface area contributed by atoms with Gasteiger partial charge in [0.15, 0.2) is 0 Å². The summed E-state index contributed by atoms with van der Waals surface area (Å²) in [7, 11) is 0. The Balaban J connectivity index is 1.90. The van der Waals surface area contributed by atoms with Crippen molar-refractivity contribution in [2.75, 3.05) is 0 Å². The molecule has 0 aliphatic carbocycles. The van der Waals surface area contributed by atoms with Gasteiger partial charge in [-0.25, -0.2) is 0 Å². The molecular formula is C27H29F3. The molecule has 30 heavy (non-hydrogen) atoms. The Labute approximate surface area is 177 Å². The van der Waals surface area contributed by atoms with Gasteiger partial charge in [-0.2, -0.15) is 13.2 Å². The fraction of sp³-hybridized carbons (Fsp3) is 0.333. The summed E-state index contributed by atoms with van der Waals surface area (Å²) in [4.78, 5) is 0. The summed E-state index contributed by atoms with van der Waals surface area (Å²) in [5, 5.41) is 0. The summed E-state index contributed by atoms with van der Waals surface area (Å²) >= 11 is 0. The first-order valence-electron chi connectivity index (χ1n) is 10.5. The van der Waals surface area contributed by atoms with Crippen molar-refractivity contribution in [2.45, 2.75) is 52.6 Å². The number of rotatable bonds is 6. The van der Waals surface area contributed by atoms with E-state index in [4.69, 9.17) is 0 Å². The third-order valence-corrected chi connectivity index (χ3v) is 5.60. The van der Waals surface area contributed by atoms with Crippen LogP contribution in [0.5, 0.6) is 0 Å². The molecule has 3 aromatic carbocycles. The molecule has 0 spiro atoms.